The number of aldehydes is 1. The van der Waals surface area contributed by atoms with Crippen LogP contribution in [0.1, 0.15) is 71.8 Å². The molecule has 4 aliphatic rings. The molecule has 2 aliphatic heterocycles. The Morgan fingerprint density at radius 2 is 1.81 bits per heavy atom. The van der Waals surface area contributed by atoms with E-state index in [9.17, 15) is 18.0 Å². The summed E-state index contributed by atoms with van der Waals surface area (Å²) >= 11 is 0. The number of hydrogen-bond donors (Lipinski definition) is 1. The first-order valence-corrected chi connectivity index (χ1v) is 16.5. The number of carbonyl (C=O) groups excluding carboxylic acids is 2. The minimum atomic E-state index is -3.96. The second-order valence-electron chi connectivity index (χ2n) is 12.6. The van der Waals surface area contributed by atoms with E-state index in [1.165, 1.54) is 29.1 Å². The summed E-state index contributed by atoms with van der Waals surface area (Å²) in [6.45, 7) is 2.45. The second kappa shape index (κ2) is 10.2. The number of likely N-dealkylation sites (N-methyl/N-ethyl adjacent to an activating group) is 1. The summed E-state index contributed by atoms with van der Waals surface area (Å²) in [4.78, 5) is 28.1. The van der Waals surface area contributed by atoms with Gasteiger partial charge in [0.05, 0.1) is 18.2 Å². The third kappa shape index (κ3) is 4.46. The molecule has 2 aromatic carbocycles. The Balaban J connectivity index is 1.36. The van der Waals surface area contributed by atoms with Gasteiger partial charge in [-0.1, -0.05) is 25.3 Å². The molecule has 2 unspecified atom stereocenters. The molecule has 3 aromatic rings. The third-order valence-electron chi connectivity index (χ3n) is 10.1. The lowest BCUT2D eigenvalue weighted by atomic mass is 9.81. The molecule has 2 atom stereocenters. The van der Waals surface area contributed by atoms with Gasteiger partial charge in [-0.05, 0) is 79.6 Å². The zero-order valence-corrected chi connectivity index (χ0v) is 25.1. The van der Waals surface area contributed by atoms with Gasteiger partial charge < -0.3 is 19.0 Å². The predicted octanol–water partition coefficient (Wildman–Crippen LogP) is 4.27. The van der Waals surface area contributed by atoms with Crippen LogP contribution in [0.15, 0.2) is 36.4 Å². The van der Waals surface area contributed by atoms with Gasteiger partial charge in [-0.2, -0.15) is 12.7 Å². The number of methoxy groups -OCH3 is 1. The summed E-state index contributed by atoms with van der Waals surface area (Å²) in [6.07, 6.45) is 7.69. The molecule has 1 saturated heterocycles. The molecule has 9 nitrogen and oxygen atoms in total. The van der Waals surface area contributed by atoms with E-state index >= 15 is 0 Å². The lowest BCUT2D eigenvalue weighted by Gasteiger charge is -2.31. The molecular weight excluding hydrogens is 552 g/mol. The van der Waals surface area contributed by atoms with E-state index in [0.717, 1.165) is 59.0 Å². The molecule has 1 amide bonds. The Morgan fingerprint density at radius 3 is 2.52 bits per heavy atom. The van der Waals surface area contributed by atoms with Crippen molar-refractivity contribution in [3.8, 4) is 17.0 Å². The molecule has 2 aliphatic carbocycles. The topological polar surface area (TPSA) is 101 Å². The van der Waals surface area contributed by atoms with Gasteiger partial charge in [0.25, 0.3) is 5.91 Å². The van der Waals surface area contributed by atoms with Crippen LogP contribution in [0.5, 0.6) is 5.75 Å². The lowest BCUT2D eigenvalue weighted by molar-refractivity contribution is -0.112. The van der Waals surface area contributed by atoms with E-state index in [-0.39, 0.29) is 5.92 Å². The second-order valence-corrected chi connectivity index (χ2v) is 14.3. The van der Waals surface area contributed by atoms with Gasteiger partial charge in [0.15, 0.2) is 0 Å². The SMILES string of the molecule is COc1ccc2c(c1)C1CC1(C=O)Cn1c-2c(C2CCCCC2)c2ccc(C(=O)NS(=O)(=O)N3CCN(C)CC3)cc21. The summed E-state index contributed by atoms with van der Waals surface area (Å²) in [5.74, 6) is 0.643. The van der Waals surface area contributed by atoms with Crippen LogP contribution in [-0.4, -0.2) is 74.7 Å². The number of piperazine rings is 1. The smallest absolute Gasteiger partial charge is 0.304 e. The summed E-state index contributed by atoms with van der Waals surface area (Å²) in [7, 11) is -0.345. The highest BCUT2D eigenvalue weighted by Gasteiger charge is 2.58. The van der Waals surface area contributed by atoms with Crippen LogP contribution in [0, 0.1) is 5.41 Å². The van der Waals surface area contributed by atoms with Gasteiger partial charge in [-0.15, -0.1) is 0 Å². The molecule has 42 heavy (non-hydrogen) atoms. The fourth-order valence-electron chi connectivity index (χ4n) is 7.59. The molecule has 1 aromatic heterocycles. The van der Waals surface area contributed by atoms with Crippen molar-refractivity contribution < 1.29 is 22.7 Å². The van der Waals surface area contributed by atoms with E-state index in [0.29, 0.717) is 44.2 Å². The number of rotatable bonds is 6. The van der Waals surface area contributed by atoms with Crippen molar-refractivity contribution in [3.63, 3.8) is 0 Å². The van der Waals surface area contributed by atoms with Crippen molar-refractivity contribution in [2.75, 3.05) is 40.3 Å². The average Bonchev–Trinajstić information content (AvgIpc) is 3.66. The van der Waals surface area contributed by atoms with Crippen LogP contribution in [0.25, 0.3) is 22.2 Å². The van der Waals surface area contributed by atoms with E-state index in [1.807, 2.05) is 25.2 Å². The van der Waals surface area contributed by atoms with Crippen molar-refractivity contribution in [2.24, 2.45) is 5.41 Å². The average molecular weight is 591 g/mol. The fraction of sp³-hybridized carbons (Fsp3) is 0.500. The first kappa shape index (κ1) is 27.6. The van der Waals surface area contributed by atoms with Gasteiger partial charge in [-0.25, -0.2) is 4.72 Å². The summed E-state index contributed by atoms with van der Waals surface area (Å²) in [6, 6.07) is 11.8. The number of carbonyl (C=O) groups is 2. The zero-order chi connectivity index (χ0) is 29.2. The quantitative estimate of drug-likeness (QED) is 0.431. The molecule has 0 radical (unpaired) electrons. The highest BCUT2D eigenvalue weighted by atomic mass is 32.2. The summed E-state index contributed by atoms with van der Waals surface area (Å²) < 4.78 is 37.6. The van der Waals surface area contributed by atoms with Crippen LogP contribution in [0.3, 0.4) is 0 Å². The van der Waals surface area contributed by atoms with Gasteiger partial charge in [0.2, 0.25) is 0 Å². The molecule has 0 bridgehead atoms. The third-order valence-corrected chi connectivity index (χ3v) is 11.6. The molecule has 10 heteroatoms. The maximum absolute atomic E-state index is 13.4. The Morgan fingerprint density at radius 1 is 1.05 bits per heavy atom. The maximum atomic E-state index is 13.4. The molecule has 3 heterocycles. The molecule has 1 N–H and O–H groups in total. The first-order valence-electron chi connectivity index (χ1n) is 15.1. The van der Waals surface area contributed by atoms with Gasteiger partial charge in [0, 0.05) is 54.8 Å². The number of fused-ring (bicyclic) bond motifs is 7. The van der Waals surface area contributed by atoms with Crippen molar-refractivity contribution in [1.82, 2.24) is 18.5 Å². The van der Waals surface area contributed by atoms with E-state index < -0.39 is 21.5 Å². The van der Waals surface area contributed by atoms with Gasteiger partial charge >= 0.3 is 10.2 Å². The molecule has 0 spiro atoms. The van der Waals surface area contributed by atoms with Crippen LogP contribution in [0.2, 0.25) is 0 Å². The summed E-state index contributed by atoms with van der Waals surface area (Å²) in [5.41, 5.74) is 5.36. The van der Waals surface area contributed by atoms with Crippen LogP contribution >= 0.6 is 0 Å². The number of ether oxygens (including phenoxy) is 1. The zero-order valence-electron chi connectivity index (χ0n) is 24.3. The minimum Gasteiger partial charge on any atom is -0.497 e. The van der Waals surface area contributed by atoms with Crippen molar-refractivity contribution in [2.45, 2.75) is 56.9 Å². The van der Waals surface area contributed by atoms with Gasteiger partial charge in [0.1, 0.15) is 12.0 Å². The highest BCUT2D eigenvalue weighted by molar-refractivity contribution is 7.87. The number of amides is 1. The van der Waals surface area contributed by atoms with E-state index in [4.69, 9.17) is 4.74 Å². The first-order chi connectivity index (χ1) is 20.2. The molecule has 222 valence electrons. The predicted molar refractivity (Wildman–Crippen MR) is 161 cm³/mol. The monoisotopic (exact) mass is 590 g/mol. The Hall–Kier alpha value is -3.21. The number of hydrogen-bond acceptors (Lipinski definition) is 6. The maximum Gasteiger partial charge on any atom is 0.304 e. The number of nitrogens with one attached hydrogen (secondary N) is 1. The van der Waals surface area contributed by atoms with Crippen molar-refractivity contribution in [3.05, 3.63) is 53.1 Å². The highest BCUT2D eigenvalue weighted by Crippen LogP contribution is 2.64. The molecule has 7 rings (SSSR count). The van der Waals surface area contributed by atoms with Crippen molar-refractivity contribution >= 4 is 33.3 Å². The normalized spacial score (nSPS) is 24.8. The van der Waals surface area contributed by atoms with Crippen molar-refractivity contribution in [1.29, 1.82) is 0 Å². The van der Waals surface area contributed by atoms with E-state index in [2.05, 4.69) is 26.3 Å². The number of aromatic nitrogens is 1. The van der Waals surface area contributed by atoms with E-state index in [1.54, 1.807) is 13.2 Å². The Kier molecular flexibility index (Phi) is 6.71. The fourth-order valence-corrected chi connectivity index (χ4v) is 8.72. The molecule has 3 fully saturated rings. The summed E-state index contributed by atoms with van der Waals surface area (Å²) in [5, 5.41) is 1.08. The van der Waals surface area contributed by atoms with Gasteiger partial charge in [-0.3, -0.25) is 4.79 Å². The molecular formula is C32H38N4O5S. The lowest BCUT2D eigenvalue weighted by Crippen LogP contribution is -2.52. The largest absolute Gasteiger partial charge is 0.497 e. The number of benzene rings is 2. The molecule has 2 saturated carbocycles. The standard InChI is InChI=1S/C32H38N4O5S/c1-34-12-14-35(15-13-34)42(39,40)33-31(38)22-8-10-25-28(16-22)36-19-32(20-37)18-27(32)26-17-23(41-2)9-11-24(26)30(36)29(25)21-6-4-3-5-7-21/h8-11,16-17,20-21,27H,3-7,12-15,18-19H2,1-2H3,(H,33,38). The Labute approximate surface area is 247 Å². The van der Waals surface area contributed by atoms with Crippen LogP contribution < -0.4 is 9.46 Å². The minimum absolute atomic E-state index is 0.120. The Bertz CT molecular complexity index is 1680. The number of nitrogens with zero attached hydrogens (tertiary/aromatic N) is 3. The van der Waals surface area contributed by atoms with Crippen LogP contribution in [0.4, 0.5) is 0 Å². The van der Waals surface area contributed by atoms with Crippen LogP contribution in [-0.2, 0) is 21.5 Å².